The van der Waals surface area contributed by atoms with Crippen LogP contribution in [0.4, 0.5) is 11.4 Å². The number of thioether (sulfide) groups is 1. The Labute approximate surface area is 182 Å². The SMILES string of the molecule is COc1cc(C)c2c(c1)SC(N)N2c1cccnc1Oc1ccccc1C(C)(C)C. The number of nitrogens with two attached hydrogens (primary N) is 1. The second kappa shape index (κ2) is 7.85. The fourth-order valence-corrected chi connectivity index (χ4v) is 4.86. The van der Waals surface area contributed by atoms with Crippen molar-refractivity contribution < 1.29 is 9.47 Å². The minimum absolute atomic E-state index is 0.0504. The first-order valence-corrected chi connectivity index (χ1v) is 10.8. The van der Waals surface area contributed by atoms with Crippen molar-refractivity contribution in [2.24, 2.45) is 5.73 Å². The number of methoxy groups -OCH3 is 1. The van der Waals surface area contributed by atoms with Crippen LogP contribution in [0.5, 0.6) is 17.4 Å². The number of fused-ring (bicyclic) bond motifs is 1. The summed E-state index contributed by atoms with van der Waals surface area (Å²) >= 11 is 1.60. The van der Waals surface area contributed by atoms with Gasteiger partial charge in [0.15, 0.2) is 0 Å². The molecule has 6 heteroatoms. The van der Waals surface area contributed by atoms with E-state index >= 15 is 0 Å². The lowest BCUT2D eigenvalue weighted by atomic mass is 9.86. The summed E-state index contributed by atoms with van der Waals surface area (Å²) in [6.07, 6.45) is 1.75. The van der Waals surface area contributed by atoms with Crippen molar-refractivity contribution in [1.29, 1.82) is 0 Å². The predicted molar refractivity (Wildman–Crippen MR) is 123 cm³/mol. The molecule has 2 aromatic carbocycles. The van der Waals surface area contributed by atoms with Gasteiger partial charge in [0.25, 0.3) is 0 Å². The van der Waals surface area contributed by atoms with Gasteiger partial charge < -0.3 is 20.1 Å². The number of aryl methyl sites for hydroxylation is 1. The van der Waals surface area contributed by atoms with Crippen LogP contribution >= 0.6 is 11.8 Å². The number of aromatic nitrogens is 1. The topological polar surface area (TPSA) is 60.6 Å². The van der Waals surface area contributed by atoms with E-state index in [2.05, 4.69) is 43.6 Å². The number of benzene rings is 2. The minimum Gasteiger partial charge on any atom is -0.497 e. The Bertz CT molecular complexity index is 1080. The molecule has 1 aromatic heterocycles. The maximum Gasteiger partial charge on any atom is 0.243 e. The van der Waals surface area contributed by atoms with E-state index in [0.29, 0.717) is 5.88 Å². The van der Waals surface area contributed by atoms with Crippen LogP contribution in [0.2, 0.25) is 0 Å². The van der Waals surface area contributed by atoms with Crippen LogP contribution < -0.4 is 20.1 Å². The van der Waals surface area contributed by atoms with Crippen LogP contribution in [0.25, 0.3) is 0 Å². The summed E-state index contributed by atoms with van der Waals surface area (Å²) in [7, 11) is 1.68. The number of nitrogens with zero attached hydrogens (tertiary/aromatic N) is 2. The molecule has 5 nitrogen and oxygen atoms in total. The first-order chi connectivity index (χ1) is 14.3. The molecular formula is C24H27N3O2S. The number of hydrogen-bond donors (Lipinski definition) is 1. The van der Waals surface area contributed by atoms with E-state index in [1.165, 1.54) is 0 Å². The summed E-state index contributed by atoms with van der Waals surface area (Å²) in [6.45, 7) is 8.59. The molecule has 156 valence electrons. The second-order valence-electron chi connectivity index (χ2n) is 8.35. The van der Waals surface area contributed by atoms with Gasteiger partial charge in [0.2, 0.25) is 5.88 Å². The zero-order valence-electron chi connectivity index (χ0n) is 18.0. The lowest BCUT2D eigenvalue weighted by molar-refractivity contribution is 0.413. The van der Waals surface area contributed by atoms with Crippen LogP contribution in [-0.4, -0.2) is 17.6 Å². The number of rotatable bonds is 4. The van der Waals surface area contributed by atoms with Crippen LogP contribution in [0.1, 0.15) is 31.9 Å². The number of pyridine rings is 1. The highest BCUT2D eigenvalue weighted by Crippen LogP contribution is 2.51. The van der Waals surface area contributed by atoms with E-state index in [4.69, 9.17) is 15.2 Å². The average Bonchev–Trinajstić information content (AvgIpc) is 3.04. The number of para-hydroxylation sites is 1. The third kappa shape index (κ3) is 3.73. The third-order valence-corrected chi connectivity index (χ3v) is 6.15. The second-order valence-corrected chi connectivity index (χ2v) is 9.50. The Morgan fingerprint density at radius 1 is 1.10 bits per heavy atom. The van der Waals surface area contributed by atoms with Gasteiger partial charge in [-0.25, -0.2) is 4.98 Å². The third-order valence-electron chi connectivity index (χ3n) is 5.13. The van der Waals surface area contributed by atoms with Gasteiger partial charge >= 0.3 is 0 Å². The summed E-state index contributed by atoms with van der Waals surface area (Å²) in [5.74, 6) is 2.17. The Hall–Kier alpha value is -2.70. The van der Waals surface area contributed by atoms with E-state index in [-0.39, 0.29) is 10.9 Å². The zero-order chi connectivity index (χ0) is 21.5. The molecule has 0 bridgehead atoms. The summed E-state index contributed by atoms with van der Waals surface area (Å²) < 4.78 is 11.8. The van der Waals surface area contributed by atoms with Gasteiger partial charge in [0, 0.05) is 16.7 Å². The minimum atomic E-state index is -0.282. The van der Waals surface area contributed by atoms with Gasteiger partial charge in [-0.05, 0) is 48.2 Å². The Morgan fingerprint density at radius 2 is 1.87 bits per heavy atom. The molecule has 0 spiro atoms. The molecule has 1 aliphatic heterocycles. The standard InChI is InChI=1S/C24H27N3O2S/c1-15-13-16(28-5)14-20-21(15)27(23(25)30-20)18-10-8-12-26-22(18)29-19-11-7-6-9-17(19)24(2,3)4/h6-14,23H,25H2,1-5H3. The maximum absolute atomic E-state index is 6.55. The maximum atomic E-state index is 6.55. The van der Waals surface area contributed by atoms with Gasteiger partial charge in [0.05, 0.1) is 12.8 Å². The quantitative estimate of drug-likeness (QED) is 0.560. The van der Waals surface area contributed by atoms with Crippen LogP contribution in [0.3, 0.4) is 0 Å². The highest BCUT2D eigenvalue weighted by atomic mass is 32.2. The van der Waals surface area contributed by atoms with Crippen molar-refractivity contribution in [2.45, 2.75) is 43.5 Å². The summed E-state index contributed by atoms with van der Waals surface area (Å²) in [5, 5.41) is 0. The molecule has 0 saturated carbocycles. The summed E-state index contributed by atoms with van der Waals surface area (Å²) in [6, 6.07) is 16.1. The highest BCUT2D eigenvalue weighted by Gasteiger charge is 2.33. The van der Waals surface area contributed by atoms with E-state index < -0.39 is 0 Å². The van der Waals surface area contributed by atoms with Crippen molar-refractivity contribution in [3.63, 3.8) is 0 Å². The van der Waals surface area contributed by atoms with E-state index in [1.807, 2.05) is 42.5 Å². The summed E-state index contributed by atoms with van der Waals surface area (Å²) in [4.78, 5) is 7.74. The van der Waals surface area contributed by atoms with Crippen molar-refractivity contribution in [2.75, 3.05) is 12.0 Å². The fraction of sp³-hybridized carbons (Fsp3) is 0.292. The summed E-state index contributed by atoms with van der Waals surface area (Å²) in [5.41, 5.74) is 10.3. The van der Waals surface area contributed by atoms with Gasteiger partial charge in [0.1, 0.15) is 22.7 Å². The van der Waals surface area contributed by atoms with Crippen LogP contribution in [0, 0.1) is 6.92 Å². The van der Waals surface area contributed by atoms with Gasteiger partial charge in [-0.1, -0.05) is 50.7 Å². The molecule has 0 saturated heterocycles. The van der Waals surface area contributed by atoms with E-state index in [0.717, 1.165) is 38.9 Å². The first kappa shape index (κ1) is 20.6. The monoisotopic (exact) mass is 421 g/mol. The molecule has 4 rings (SSSR count). The molecule has 0 amide bonds. The van der Waals surface area contributed by atoms with Crippen molar-refractivity contribution in [1.82, 2.24) is 4.98 Å². The molecule has 0 fully saturated rings. The smallest absolute Gasteiger partial charge is 0.243 e. The van der Waals surface area contributed by atoms with Gasteiger partial charge in [-0.2, -0.15) is 0 Å². The average molecular weight is 422 g/mol. The van der Waals surface area contributed by atoms with Crippen molar-refractivity contribution in [3.05, 3.63) is 65.9 Å². The van der Waals surface area contributed by atoms with Gasteiger partial charge in [-0.15, -0.1) is 0 Å². The van der Waals surface area contributed by atoms with Crippen molar-refractivity contribution >= 4 is 23.1 Å². The lowest BCUT2D eigenvalue weighted by Gasteiger charge is -2.27. The molecule has 3 aromatic rings. The number of hydrogen-bond acceptors (Lipinski definition) is 6. The fourth-order valence-electron chi connectivity index (χ4n) is 3.72. The molecule has 1 aliphatic rings. The molecule has 0 aliphatic carbocycles. The van der Waals surface area contributed by atoms with Crippen LogP contribution in [-0.2, 0) is 5.41 Å². The molecule has 0 radical (unpaired) electrons. The molecule has 30 heavy (non-hydrogen) atoms. The van der Waals surface area contributed by atoms with E-state index in [1.54, 1.807) is 25.1 Å². The molecule has 1 atom stereocenters. The normalized spacial score (nSPS) is 15.8. The molecular weight excluding hydrogens is 394 g/mol. The largest absolute Gasteiger partial charge is 0.497 e. The Morgan fingerprint density at radius 3 is 2.60 bits per heavy atom. The lowest BCUT2D eigenvalue weighted by Crippen LogP contribution is -2.32. The zero-order valence-corrected chi connectivity index (χ0v) is 18.8. The predicted octanol–water partition coefficient (Wildman–Crippen LogP) is 5.97. The molecule has 2 heterocycles. The molecule has 1 unspecified atom stereocenters. The van der Waals surface area contributed by atoms with E-state index in [9.17, 15) is 0 Å². The first-order valence-electron chi connectivity index (χ1n) is 9.92. The Kier molecular flexibility index (Phi) is 5.38. The van der Waals surface area contributed by atoms with Crippen LogP contribution in [0.15, 0.2) is 59.6 Å². The number of anilines is 2. The van der Waals surface area contributed by atoms with Crippen molar-refractivity contribution in [3.8, 4) is 17.4 Å². The number of ether oxygens (including phenoxy) is 2. The van der Waals surface area contributed by atoms with Gasteiger partial charge in [-0.3, -0.25) is 0 Å². The highest BCUT2D eigenvalue weighted by molar-refractivity contribution is 8.00. The Balaban J connectivity index is 1.79. The molecule has 2 N–H and O–H groups in total.